The molecule has 1 heterocycles. The minimum Gasteiger partial charge on any atom is -0.454 e. The first-order valence-electron chi connectivity index (χ1n) is 11.0. The van der Waals surface area contributed by atoms with Crippen LogP contribution in [0.15, 0.2) is 54.7 Å². The van der Waals surface area contributed by atoms with Gasteiger partial charge in [0.25, 0.3) is 5.92 Å². The smallest absolute Gasteiger partial charge is 0.271 e. The summed E-state index contributed by atoms with van der Waals surface area (Å²) in [4.78, 5) is 28.4. The number of benzene rings is 2. The molecule has 4 rings (SSSR count). The van der Waals surface area contributed by atoms with Gasteiger partial charge in [-0.05, 0) is 54.3 Å². The van der Waals surface area contributed by atoms with Gasteiger partial charge < -0.3 is 10.1 Å². The minimum atomic E-state index is -3.13. The highest BCUT2D eigenvalue weighted by molar-refractivity contribution is 6.31. The van der Waals surface area contributed by atoms with Crippen LogP contribution >= 0.6 is 11.6 Å². The summed E-state index contributed by atoms with van der Waals surface area (Å²) in [6, 6.07) is 11.2. The standard InChI is InChI=1S/C26H22ClF3N2O3/c1-26(29,30)20-12-15(2-6-21(20)27)10-18(33)11-16-3-7-23(22(28)13-16)35-19-8-9-31-24(14-19)32-25(34)17-4-5-17/h2-3,6-9,12-14,17H,4-5,10-11H2,1H3,(H,31,32,34). The molecule has 0 saturated heterocycles. The molecule has 3 aromatic rings. The fraction of sp³-hybridized carbons (Fsp3) is 0.269. The first kappa shape index (κ1) is 24.7. The highest BCUT2D eigenvalue weighted by Gasteiger charge is 2.30. The third kappa shape index (κ3) is 6.60. The largest absolute Gasteiger partial charge is 0.454 e. The van der Waals surface area contributed by atoms with Gasteiger partial charge in [0.15, 0.2) is 11.6 Å². The Hall–Kier alpha value is -3.39. The van der Waals surface area contributed by atoms with Gasteiger partial charge in [-0.3, -0.25) is 9.59 Å². The van der Waals surface area contributed by atoms with Crippen LogP contribution in [0.2, 0.25) is 5.02 Å². The fourth-order valence-electron chi connectivity index (χ4n) is 3.52. The van der Waals surface area contributed by atoms with E-state index in [9.17, 15) is 22.8 Å². The van der Waals surface area contributed by atoms with Crippen molar-refractivity contribution in [2.75, 3.05) is 5.32 Å². The Morgan fingerprint density at radius 2 is 1.77 bits per heavy atom. The Kier molecular flexibility index (Phi) is 7.12. The highest BCUT2D eigenvalue weighted by atomic mass is 35.5. The Morgan fingerprint density at radius 1 is 1.09 bits per heavy atom. The number of ether oxygens (including phenoxy) is 1. The zero-order chi connectivity index (χ0) is 25.2. The van der Waals surface area contributed by atoms with Gasteiger partial charge in [0, 0.05) is 48.5 Å². The van der Waals surface area contributed by atoms with Crippen LogP contribution in [-0.4, -0.2) is 16.7 Å². The maximum Gasteiger partial charge on any atom is 0.271 e. The van der Waals surface area contributed by atoms with Crippen molar-refractivity contribution in [3.8, 4) is 11.5 Å². The molecule has 1 amide bonds. The third-order valence-corrected chi connectivity index (χ3v) is 5.79. The SMILES string of the molecule is CC(F)(F)c1cc(CC(=O)Cc2ccc(Oc3ccnc(NC(=O)C4CC4)c3)c(F)c2)ccc1Cl. The van der Waals surface area contributed by atoms with E-state index in [4.69, 9.17) is 16.3 Å². The van der Waals surface area contributed by atoms with Crippen molar-refractivity contribution in [2.45, 2.75) is 38.5 Å². The van der Waals surface area contributed by atoms with Crippen LogP contribution in [0.5, 0.6) is 11.5 Å². The van der Waals surface area contributed by atoms with E-state index >= 15 is 0 Å². The van der Waals surface area contributed by atoms with Crippen LogP contribution in [-0.2, 0) is 28.4 Å². The van der Waals surface area contributed by atoms with Crippen LogP contribution in [0.4, 0.5) is 19.0 Å². The molecule has 1 aliphatic rings. The summed E-state index contributed by atoms with van der Waals surface area (Å²) in [5, 5.41) is 2.63. The van der Waals surface area contributed by atoms with Crippen molar-refractivity contribution in [1.29, 1.82) is 0 Å². The molecule has 1 aromatic heterocycles. The average Bonchev–Trinajstić information content (AvgIpc) is 3.62. The second-order valence-corrected chi connectivity index (χ2v) is 9.01. The third-order valence-electron chi connectivity index (χ3n) is 5.46. The maximum atomic E-state index is 14.6. The van der Waals surface area contributed by atoms with E-state index in [2.05, 4.69) is 10.3 Å². The summed E-state index contributed by atoms with van der Waals surface area (Å²) in [5.74, 6) is -3.61. The maximum absolute atomic E-state index is 14.6. The van der Waals surface area contributed by atoms with Crippen LogP contribution in [0.1, 0.15) is 36.5 Å². The normalized spacial score (nSPS) is 13.4. The molecular weight excluding hydrogens is 481 g/mol. The number of nitrogens with one attached hydrogen (secondary N) is 1. The summed E-state index contributed by atoms with van der Waals surface area (Å²) in [6.07, 6.45) is 2.99. The number of ketones is 1. The molecule has 0 bridgehead atoms. The van der Waals surface area contributed by atoms with Gasteiger partial charge in [-0.25, -0.2) is 18.2 Å². The highest BCUT2D eigenvalue weighted by Crippen LogP contribution is 2.34. The summed E-state index contributed by atoms with van der Waals surface area (Å²) < 4.78 is 47.6. The van der Waals surface area contributed by atoms with E-state index in [1.54, 1.807) is 6.07 Å². The first-order chi connectivity index (χ1) is 16.6. The molecule has 182 valence electrons. The zero-order valence-corrected chi connectivity index (χ0v) is 19.5. The van der Waals surface area contributed by atoms with Gasteiger partial charge in [-0.1, -0.05) is 23.7 Å². The van der Waals surface area contributed by atoms with Crippen molar-refractivity contribution < 1.29 is 27.5 Å². The Balaban J connectivity index is 1.39. The predicted molar refractivity (Wildman–Crippen MR) is 125 cm³/mol. The van der Waals surface area contributed by atoms with Crippen molar-refractivity contribution >= 4 is 29.1 Å². The molecule has 1 N–H and O–H groups in total. The molecule has 0 aliphatic heterocycles. The lowest BCUT2D eigenvalue weighted by Crippen LogP contribution is -2.14. The number of hydrogen-bond acceptors (Lipinski definition) is 4. The van der Waals surface area contributed by atoms with Gasteiger partial charge in [-0.15, -0.1) is 0 Å². The van der Waals surface area contributed by atoms with E-state index in [-0.39, 0.29) is 46.8 Å². The van der Waals surface area contributed by atoms with Crippen LogP contribution in [0.3, 0.4) is 0 Å². The molecule has 9 heteroatoms. The second kappa shape index (κ2) is 10.1. The molecule has 0 unspecified atom stereocenters. The first-order valence-corrected chi connectivity index (χ1v) is 11.4. The van der Waals surface area contributed by atoms with Gasteiger partial charge in [0.1, 0.15) is 17.4 Å². The number of anilines is 1. The van der Waals surface area contributed by atoms with Crippen molar-refractivity contribution in [3.63, 3.8) is 0 Å². The van der Waals surface area contributed by atoms with E-state index in [1.807, 2.05) is 0 Å². The molecule has 0 spiro atoms. The number of Topliss-reactive ketones (excluding diaryl/α,β-unsaturated/α-hetero) is 1. The molecule has 0 atom stereocenters. The Bertz CT molecular complexity index is 1270. The average molecular weight is 503 g/mol. The number of nitrogens with zero attached hydrogens (tertiary/aromatic N) is 1. The van der Waals surface area contributed by atoms with E-state index in [1.165, 1.54) is 48.7 Å². The minimum absolute atomic E-state index is 0.0170. The van der Waals surface area contributed by atoms with Gasteiger partial charge in [0.2, 0.25) is 5.91 Å². The van der Waals surface area contributed by atoms with Crippen LogP contribution in [0.25, 0.3) is 0 Å². The lowest BCUT2D eigenvalue weighted by Gasteiger charge is -2.14. The van der Waals surface area contributed by atoms with E-state index in [0.29, 0.717) is 22.7 Å². The molecule has 1 aliphatic carbocycles. The number of carbonyl (C=O) groups is 2. The Labute approximate surface area is 205 Å². The number of aromatic nitrogens is 1. The number of alkyl halides is 2. The fourth-order valence-corrected chi connectivity index (χ4v) is 3.80. The molecule has 35 heavy (non-hydrogen) atoms. The summed E-state index contributed by atoms with van der Waals surface area (Å²) in [6.45, 7) is 0.739. The van der Waals surface area contributed by atoms with E-state index < -0.39 is 11.7 Å². The van der Waals surface area contributed by atoms with Gasteiger partial charge in [-0.2, -0.15) is 0 Å². The molecular formula is C26H22ClF3N2O3. The number of rotatable bonds is 9. The van der Waals surface area contributed by atoms with Crippen molar-refractivity contribution in [3.05, 3.63) is 82.3 Å². The number of pyridine rings is 1. The van der Waals surface area contributed by atoms with Gasteiger partial charge >= 0.3 is 0 Å². The monoisotopic (exact) mass is 502 g/mol. The summed E-state index contributed by atoms with van der Waals surface area (Å²) in [5.41, 5.74) is 0.476. The second-order valence-electron chi connectivity index (χ2n) is 8.60. The lowest BCUT2D eigenvalue weighted by atomic mass is 9.99. The number of hydrogen-bond donors (Lipinski definition) is 1. The molecule has 0 radical (unpaired) electrons. The van der Waals surface area contributed by atoms with Crippen molar-refractivity contribution in [2.24, 2.45) is 5.92 Å². The zero-order valence-electron chi connectivity index (χ0n) is 18.8. The van der Waals surface area contributed by atoms with Crippen LogP contribution in [0, 0.1) is 11.7 Å². The van der Waals surface area contributed by atoms with Crippen LogP contribution < -0.4 is 10.1 Å². The predicted octanol–water partition coefficient (Wildman–Crippen LogP) is 6.48. The molecule has 5 nitrogen and oxygen atoms in total. The quantitative estimate of drug-likeness (QED) is 0.363. The summed E-state index contributed by atoms with van der Waals surface area (Å²) in [7, 11) is 0. The summed E-state index contributed by atoms with van der Waals surface area (Å²) >= 11 is 5.84. The van der Waals surface area contributed by atoms with E-state index in [0.717, 1.165) is 19.8 Å². The lowest BCUT2D eigenvalue weighted by molar-refractivity contribution is -0.118. The number of halogens is 4. The van der Waals surface area contributed by atoms with Gasteiger partial charge in [0.05, 0.1) is 0 Å². The molecule has 1 saturated carbocycles. The Morgan fingerprint density at radius 3 is 2.43 bits per heavy atom. The topological polar surface area (TPSA) is 68.3 Å². The van der Waals surface area contributed by atoms with Crippen molar-refractivity contribution in [1.82, 2.24) is 4.98 Å². The molecule has 2 aromatic carbocycles. The molecule has 1 fully saturated rings. The number of carbonyl (C=O) groups excluding carboxylic acids is 2. The number of amides is 1.